The molecule has 1 unspecified atom stereocenters. The molecule has 0 spiro atoms. The molecule has 1 saturated heterocycles. The van der Waals surface area contributed by atoms with Crippen molar-refractivity contribution in [2.75, 3.05) is 13.2 Å². The van der Waals surface area contributed by atoms with Gasteiger partial charge in [-0.3, -0.25) is 19.1 Å². The highest BCUT2D eigenvalue weighted by Gasteiger charge is 2.62. The third-order valence-corrected chi connectivity index (χ3v) is 11.7. The van der Waals surface area contributed by atoms with Gasteiger partial charge in [0.2, 0.25) is 27.7 Å². The number of amides is 3. The number of carbonyl (C=O) groups is 3. The number of hydrogen-bond donors (Lipinski definition) is 2. The normalized spacial score (nSPS) is 30.7. The van der Waals surface area contributed by atoms with Crippen LogP contribution in [0.1, 0.15) is 78.6 Å². The van der Waals surface area contributed by atoms with E-state index in [0.29, 0.717) is 37.0 Å². The van der Waals surface area contributed by atoms with E-state index in [1.54, 1.807) is 11.1 Å². The van der Waals surface area contributed by atoms with E-state index in [1.807, 2.05) is 43.3 Å². The zero-order chi connectivity index (χ0) is 33.3. The summed E-state index contributed by atoms with van der Waals surface area (Å²) in [6, 6.07) is 6.78. The van der Waals surface area contributed by atoms with Crippen molar-refractivity contribution < 1.29 is 32.3 Å². The molecule has 3 heterocycles. The van der Waals surface area contributed by atoms with Crippen molar-refractivity contribution in [3.8, 4) is 11.6 Å². The number of pyridine rings is 1. The maximum atomic E-state index is 14.1. The third-order valence-electron chi connectivity index (χ3n) is 9.83. The van der Waals surface area contributed by atoms with Crippen LogP contribution in [0.4, 0.5) is 0 Å². The van der Waals surface area contributed by atoms with Crippen molar-refractivity contribution in [3.63, 3.8) is 0 Å². The van der Waals surface area contributed by atoms with E-state index in [0.717, 1.165) is 36.5 Å². The van der Waals surface area contributed by atoms with Crippen molar-refractivity contribution in [2.45, 2.75) is 101 Å². The number of sulfonamides is 1. The standard InChI is InChI=1S/C35H46N4O7S/c1-4-15-45-30-20-36-33(28-12-8-7-11-27(28)30)46-25-18-29-32(41)37-35(34(42)38-47(43,44)26-13-14-26)19-24(35)10-6-5-9-22(2)16-23(3)17-31(40)39(29)21-25/h6-8,10-12,20,22-26,29H,4-5,9,13-19,21H2,1-3H3,(H,37,41)(H,38,42)/b10-6-/t22-,23+,24?,25+,29-,35+/m0/s1. The van der Waals surface area contributed by atoms with Gasteiger partial charge < -0.3 is 19.7 Å². The van der Waals surface area contributed by atoms with Crippen LogP contribution < -0.4 is 19.5 Å². The molecular formula is C35H46N4O7S. The first-order valence-electron chi connectivity index (χ1n) is 17.0. The van der Waals surface area contributed by atoms with Gasteiger partial charge in [-0.05, 0) is 62.8 Å². The van der Waals surface area contributed by atoms with E-state index >= 15 is 0 Å². The van der Waals surface area contributed by atoms with Crippen molar-refractivity contribution in [1.82, 2.24) is 19.9 Å². The Morgan fingerprint density at radius 1 is 1.11 bits per heavy atom. The summed E-state index contributed by atoms with van der Waals surface area (Å²) in [7, 11) is -3.82. The highest BCUT2D eigenvalue weighted by Crippen LogP contribution is 2.46. The molecule has 6 atom stereocenters. The van der Waals surface area contributed by atoms with Gasteiger partial charge in [0.25, 0.3) is 5.91 Å². The van der Waals surface area contributed by atoms with Gasteiger partial charge in [0.1, 0.15) is 23.4 Å². The molecule has 2 aliphatic heterocycles. The molecule has 6 rings (SSSR count). The van der Waals surface area contributed by atoms with Crippen molar-refractivity contribution >= 4 is 38.5 Å². The summed E-state index contributed by atoms with van der Waals surface area (Å²) in [5.41, 5.74) is -1.39. The van der Waals surface area contributed by atoms with Gasteiger partial charge in [-0.2, -0.15) is 0 Å². The second-order valence-corrected chi connectivity index (χ2v) is 15.9. The van der Waals surface area contributed by atoms with Crippen LogP contribution in [-0.4, -0.2) is 72.1 Å². The van der Waals surface area contributed by atoms with Gasteiger partial charge in [0.05, 0.1) is 24.6 Å². The number of carbonyl (C=O) groups excluding carboxylic acids is 3. The Labute approximate surface area is 276 Å². The van der Waals surface area contributed by atoms with Gasteiger partial charge in [-0.25, -0.2) is 13.4 Å². The van der Waals surface area contributed by atoms with Crippen LogP contribution in [0.5, 0.6) is 11.6 Å². The van der Waals surface area contributed by atoms with Crippen molar-refractivity contribution in [2.24, 2.45) is 17.8 Å². The molecule has 2 N–H and O–H groups in total. The van der Waals surface area contributed by atoms with E-state index in [-0.39, 0.29) is 43.6 Å². The highest BCUT2D eigenvalue weighted by molar-refractivity contribution is 7.91. The molecule has 0 bridgehead atoms. The molecule has 0 radical (unpaired) electrons. The van der Waals surface area contributed by atoms with Crippen LogP contribution in [0.2, 0.25) is 0 Å². The molecule has 254 valence electrons. The van der Waals surface area contributed by atoms with Crippen molar-refractivity contribution in [3.05, 3.63) is 42.6 Å². The largest absolute Gasteiger partial charge is 0.491 e. The maximum absolute atomic E-state index is 14.1. The van der Waals surface area contributed by atoms with Gasteiger partial charge >= 0.3 is 0 Å². The Hall–Kier alpha value is -3.67. The molecule has 1 aromatic carbocycles. The summed E-state index contributed by atoms with van der Waals surface area (Å²) in [6.45, 7) is 7.01. The van der Waals surface area contributed by atoms with Crippen molar-refractivity contribution in [1.29, 1.82) is 0 Å². The molecule has 4 aliphatic rings. The lowest BCUT2D eigenvalue weighted by Crippen LogP contribution is -2.56. The van der Waals surface area contributed by atoms with Gasteiger partial charge in [-0.15, -0.1) is 0 Å². The Bertz CT molecular complexity index is 1660. The molecule has 2 aliphatic carbocycles. The minimum absolute atomic E-state index is 0.120. The number of benzene rings is 1. The van der Waals surface area contributed by atoms with Gasteiger partial charge in [0.15, 0.2) is 0 Å². The minimum atomic E-state index is -3.82. The fraction of sp³-hybridized carbons (Fsp3) is 0.600. The second kappa shape index (κ2) is 13.4. The van der Waals surface area contributed by atoms with Gasteiger partial charge in [0, 0.05) is 29.5 Å². The topological polar surface area (TPSA) is 144 Å². The third kappa shape index (κ3) is 7.27. The first-order chi connectivity index (χ1) is 22.5. The quantitative estimate of drug-likeness (QED) is 0.398. The van der Waals surface area contributed by atoms with Crippen LogP contribution >= 0.6 is 0 Å². The molecule has 11 nitrogen and oxygen atoms in total. The lowest BCUT2D eigenvalue weighted by molar-refractivity contribution is -0.140. The van der Waals surface area contributed by atoms with Gasteiger partial charge in [-0.1, -0.05) is 51.1 Å². The Kier molecular flexibility index (Phi) is 9.51. The molecule has 47 heavy (non-hydrogen) atoms. The number of aromatic nitrogens is 1. The lowest BCUT2D eigenvalue weighted by atomic mass is 9.91. The first-order valence-corrected chi connectivity index (χ1v) is 18.6. The number of hydrogen-bond acceptors (Lipinski definition) is 8. The SMILES string of the molecule is CCCOc1cnc(O[C@@H]2C[C@H]3C(=O)N[C@]4(C(=O)NS(=O)(=O)C5CC5)CC4/C=C\CC[C@H](C)C[C@@H](C)CC(=O)N3C2)c2ccccc12. The number of allylic oxidation sites excluding steroid dienone is 1. The zero-order valence-corrected chi connectivity index (χ0v) is 28.3. The molecule has 1 aromatic heterocycles. The Morgan fingerprint density at radius 3 is 2.62 bits per heavy atom. The predicted molar refractivity (Wildman–Crippen MR) is 177 cm³/mol. The predicted octanol–water partition coefficient (Wildman–Crippen LogP) is 4.26. The maximum Gasteiger partial charge on any atom is 0.259 e. The van der Waals surface area contributed by atoms with E-state index < -0.39 is 44.8 Å². The second-order valence-electron chi connectivity index (χ2n) is 14.0. The summed E-state index contributed by atoms with van der Waals surface area (Å²) in [5.74, 6) is -0.145. The number of ether oxygens (including phenoxy) is 2. The van der Waals surface area contributed by atoms with Crippen LogP contribution in [0.15, 0.2) is 42.6 Å². The smallest absolute Gasteiger partial charge is 0.259 e. The first kappa shape index (κ1) is 33.2. The van der Waals surface area contributed by atoms with Crippen LogP contribution in [0.3, 0.4) is 0 Å². The average molecular weight is 667 g/mol. The summed E-state index contributed by atoms with van der Waals surface area (Å²) in [5, 5.41) is 3.98. The zero-order valence-electron chi connectivity index (χ0n) is 27.4. The minimum Gasteiger partial charge on any atom is -0.491 e. The fourth-order valence-electron chi connectivity index (χ4n) is 7.04. The monoisotopic (exact) mass is 666 g/mol. The van der Waals surface area contributed by atoms with Crippen LogP contribution in [0, 0.1) is 17.8 Å². The van der Waals surface area contributed by atoms with E-state index in [4.69, 9.17) is 9.47 Å². The molecule has 3 amide bonds. The average Bonchev–Trinajstić information content (AvgIpc) is 3.95. The fourth-order valence-corrected chi connectivity index (χ4v) is 8.40. The summed E-state index contributed by atoms with van der Waals surface area (Å²) >= 11 is 0. The summed E-state index contributed by atoms with van der Waals surface area (Å²) in [6.07, 6.45) is 10.3. The van der Waals surface area contributed by atoms with Crippen LogP contribution in [-0.2, 0) is 24.4 Å². The number of fused-ring (bicyclic) bond motifs is 3. The number of nitrogens with one attached hydrogen (secondary N) is 2. The van der Waals surface area contributed by atoms with E-state index in [2.05, 4.69) is 28.9 Å². The molecule has 12 heteroatoms. The molecule has 3 fully saturated rings. The summed E-state index contributed by atoms with van der Waals surface area (Å²) in [4.78, 5) is 47.6. The highest BCUT2D eigenvalue weighted by atomic mass is 32.2. The Balaban J connectivity index is 1.27. The lowest BCUT2D eigenvalue weighted by Gasteiger charge is -2.27. The molecule has 2 saturated carbocycles. The number of rotatable bonds is 8. The Morgan fingerprint density at radius 2 is 1.87 bits per heavy atom. The molecule has 2 aromatic rings. The number of nitrogens with zero attached hydrogens (tertiary/aromatic N) is 2. The van der Waals surface area contributed by atoms with Crippen LogP contribution in [0.25, 0.3) is 10.8 Å². The summed E-state index contributed by atoms with van der Waals surface area (Å²) < 4.78 is 40.0. The van der Waals surface area contributed by atoms with E-state index in [9.17, 15) is 22.8 Å². The molecular weight excluding hydrogens is 620 g/mol. The van der Waals surface area contributed by atoms with E-state index in [1.165, 1.54) is 0 Å².